The summed E-state index contributed by atoms with van der Waals surface area (Å²) < 4.78 is 12.6. The molecule has 2 aromatic rings. The molecule has 1 aromatic carbocycles. The van der Waals surface area contributed by atoms with Crippen LogP contribution in [0.1, 0.15) is 23.6 Å². The smallest absolute Gasteiger partial charge is 0.191 e. The third-order valence-corrected chi connectivity index (χ3v) is 4.76. The van der Waals surface area contributed by atoms with Gasteiger partial charge in [-0.05, 0) is 31.0 Å². The molecule has 0 spiro atoms. The first-order chi connectivity index (χ1) is 13.2. The molecule has 0 radical (unpaired) electrons. The van der Waals surface area contributed by atoms with Crippen molar-refractivity contribution in [1.82, 2.24) is 25.4 Å². The Morgan fingerprint density at radius 2 is 2.07 bits per heavy atom. The molecule has 2 N–H and O–H groups in total. The Labute approximate surface area is 183 Å². The minimum Gasteiger partial charge on any atom is -0.497 e. The molecule has 1 aromatic heterocycles. The van der Waals surface area contributed by atoms with Crippen LogP contribution in [0.3, 0.4) is 0 Å². The number of benzene rings is 1. The molecule has 1 aliphatic heterocycles. The molecule has 2 heterocycles. The Balaban J connectivity index is 0.00000280. The molecule has 0 aliphatic carbocycles. The lowest BCUT2D eigenvalue weighted by Gasteiger charge is -2.15. The van der Waals surface area contributed by atoms with Crippen molar-refractivity contribution in [3.8, 4) is 5.75 Å². The van der Waals surface area contributed by atoms with Crippen LogP contribution in [0.2, 0.25) is 0 Å². The highest BCUT2D eigenvalue weighted by Gasteiger charge is 2.16. The molecular formula is C19H29IN6O2. The lowest BCUT2D eigenvalue weighted by Crippen LogP contribution is -2.40. The number of ether oxygens (including phenoxy) is 2. The zero-order valence-electron chi connectivity index (χ0n) is 16.6. The molecule has 154 valence electrons. The minimum atomic E-state index is 0. The predicted octanol–water partition coefficient (Wildman–Crippen LogP) is 2.02. The van der Waals surface area contributed by atoms with E-state index in [9.17, 15) is 0 Å². The molecule has 0 amide bonds. The molecule has 1 aliphatic rings. The van der Waals surface area contributed by atoms with Crippen molar-refractivity contribution in [3.05, 3.63) is 41.5 Å². The summed E-state index contributed by atoms with van der Waals surface area (Å²) in [5, 5.41) is 15.1. The second-order valence-electron chi connectivity index (χ2n) is 6.70. The zero-order valence-corrected chi connectivity index (χ0v) is 19.0. The molecular weight excluding hydrogens is 471 g/mol. The number of halogens is 1. The van der Waals surface area contributed by atoms with Crippen LogP contribution < -0.4 is 15.4 Å². The number of methoxy groups -OCH3 is 1. The van der Waals surface area contributed by atoms with Crippen molar-refractivity contribution in [1.29, 1.82) is 0 Å². The van der Waals surface area contributed by atoms with E-state index in [1.165, 1.54) is 0 Å². The fourth-order valence-electron chi connectivity index (χ4n) is 2.83. The maximum absolute atomic E-state index is 5.45. The van der Waals surface area contributed by atoms with Crippen LogP contribution in [0.15, 0.2) is 29.3 Å². The molecule has 1 fully saturated rings. The van der Waals surface area contributed by atoms with Gasteiger partial charge in [-0.3, -0.25) is 0 Å². The van der Waals surface area contributed by atoms with E-state index in [0.29, 0.717) is 19.0 Å². The molecule has 1 saturated heterocycles. The fraction of sp³-hybridized carbons (Fsp3) is 0.526. The van der Waals surface area contributed by atoms with E-state index in [0.717, 1.165) is 55.1 Å². The molecule has 3 rings (SSSR count). The third-order valence-electron chi connectivity index (χ3n) is 4.76. The van der Waals surface area contributed by atoms with Gasteiger partial charge in [-0.2, -0.15) is 0 Å². The Bertz CT molecular complexity index is 756. The Morgan fingerprint density at radius 1 is 1.29 bits per heavy atom. The highest BCUT2D eigenvalue weighted by Crippen LogP contribution is 2.12. The summed E-state index contributed by atoms with van der Waals surface area (Å²) in [5.74, 6) is 3.89. The monoisotopic (exact) mass is 500 g/mol. The van der Waals surface area contributed by atoms with E-state index in [1.54, 1.807) is 7.11 Å². The first kappa shape index (κ1) is 22.4. The first-order valence-corrected chi connectivity index (χ1v) is 9.23. The van der Waals surface area contributed by atoms with Gasteiger partial charge in [0, 0.05) is 26.1 Å². The van der Waals surface area contributed by atoms with Crippen molar-refractivity contribution in [2.45, 2.75) is 26.4 Å². The predicted molar refractivity (Wildman–Crippen MR) is 119 cm³/mol. The molecule has 0 bridgehead atoms. The highest BCUT2D eigenvalue weighted by atomic mass is 127. The van der Waals surface area contributed by atoms with Gasteiger partial charge in [0.25, 0.3) is 0 Å². The molecule has 0 saturated carbocycles. The lowest BCUT2D eigenvalue weighted by atomic mass is 10.1. The summed E-state index contributed by atoms with van der Waals surface area (Å²) in [4.78, 5) is 4.72. The number of hydrogen-bond acceptors (Lipinski definition) is 5. The van der Waals surface area contributed by atoms with Crippen LogP contribution in [0.5, 0.6) is 5.75 Å². The van der Waals surface area contributed by atoms with Crippen molar-refractivity contribution in [3.63, 3.8) is 0 Å². The standard InChI is InChI=1S/C19H28N6O2.HI/c1-14-23-24-18(25(14)2)12-22-19(21-11-16-8-9-27-13-16)20-10-15-4-6-17(26-3)7-5-15;/h4-7,16H,8-13H2,1-3H3,(H2,20,21,22);1H. The van der Waals surface area contributed by atoms with Gasteiger partial charge in [-0.15, -0.1) is 34.2 Å². The van der Waals surface area contributed by atoms with Crippen molar-refractivity contribution in [2.75, 3.05) is 26.9 Å². The van der Waals surface area contributed by atoms with E-state index >= 15 is 0 Å². The first-order valence-electron chi connectivity index (χ1n) is 9.23. The molecule has 1 unspecified atom stereocenters. The summed E-state index contributed by atoms with van der Waals surface area (Å²) in [6.45, 7) is 5.57. The number of guanidine groups is 1. The van der Waals surface area contributed by atoms with E-state index < -0.39 is 0 Å². The zero-order chi connectivity index (χ0) is 19.1. The van der Waals surface area contributed by atoms with Gasteiger partial charge >= 0.3 is 0 Å². The topological polar surface area (TPSA) is 85.6 Å². The second kappa shape index (κ2) is 11.2. The second-order valence-corrected chi connectivity index (χ2v) is 6.70. The van der Waals surface area contributed by atoms with Crippen LogP contribution in [-0.2, 0) is 24.9 Å². The number of nitrogens with one attached hydrogen (secondary N) is 2. The number of hydrogen-bond donors (Lipinski definition) is 2. The largest absolute Gasteiger partial charge is 0.497 e. The van der Waals surface area contributed by atoms with Crippen LogP contribution >= 0.6 is 24.0 Å². The third kappa shape index (κ3) is 6.33. The average molecular weight is 500 g/mol. The van der Waals surface area contributed by atoms with Crippen LogP contribution in [0.4, 0.5) is 0 Å². The summed E-state index contributed by atoms with van der Waals surface area (Å²) in [7, 11) is 3.63. The number of aromatic nitrogens is 3. The van der Waals surface area contributed by atoms with E-state index in [4.69, 9.17) is 14.5 Å². The highest BCUT2D eigenvalue weighted by molar-refractivity contribution is 14.0. The van der Waals surface area contributed by atoms with E-state index in [2.05, 4.69) is 20.8 Å². The summed E-state index contributed by atoms with van der Waals surface area (Å²) in [6.07, 6.45) is 1.08. The van der Waals surface area contributed by atoms with Gasteiger partial charge < -0.3 is 24.7 Å². The Morgan fingerprint density at radius 3 is 2.68 bits per heavy atom. The van der Waals surface area contributed by atoms with Crippen molar-refractivity contribution < 1.29 is 9.47 Å². The molecule has 28 heavy (non-hydrogen) atoms. The van der Waals surface area contributed by atoms with Gasteiger partial charge in [0.2, 0.25) is 0 Å². The van der Waals surface area contributed by atoms with Gasteiger partial charge in [0.05, 0.1) is 26.8 Å². The fourth-order valence-corrected chi connectivity index (χ4v) is 2.83. The maximum Gasteiger partial charge on any atom is 0.191 e. The Hall–Kier alpha value is -1.88. The molecule has 1 atom stereocenters. The average Bonchev–Trinajstić information content (AvgIpc) is 3.33. The van der Waals surface area contributed by atoms with Gasteiger partial charge in [-0.25, -0.2) is 4.99 Å². The maximum atomic E-state index is 5.45. The van der Waals surface area contributed by atoms with Gasteiger partial charge in [-0.1, -0.05) is 12.1 Å². The number of aryl methyl sites for hydroxylation is 1. The number of aliphatic imine (C=N–C) groups is 1. The normalized spacial score (nSPS) is 16.5. The van der Waals surface area contributed by atoms with Gasteiger partial charge in [0.1, 0.15) is 11.6 Å². The quantitative estimate of drug-likeness (QED) is 0.344. The summed E-state index contributed by atoms with van der Waals surface area (Å²) in [5.41, 5.74) is 1.12. The van der Waals surface area contributed by atoms with Crippen molar-refractivity contribution >= 4 is 29.9 Å². The summed E-state index contributed by atoms with van der Waals surface area (Å²) >= 11 is 0. The lowest BCUT2D eigenvalue weighted by molar-refractivity contribution is 0.186. The van der Waals surface area contributed by atoms with Crippen molar-refractivity contribution in [2.24, 2.45) is 18.0 Å². The van der Waals surface area contributed by atoms with E-state index in [-0.39, 0.29) is 24.0 Å². The Kier molecular flexibility index (Phi) is 8.97. The van der Waals surface area contributed by atoms with Crippen LogP contribution in [0.25, 0.3) is 0 Å². The summed E-state index contributed by atoms with van der Waals surface area (Å²) in [6, 6.07) is 7.95. The molecule has 9 heteroatoms. The molecule has 8 nitrogen and oxygen atoms in total. The SMILES string of the molecule is COc1ccc(CN=C(NCc2nnc(C)n2C)NCC2CCOC2)cc1.I. The minimum absolute atomic E-state index is 0. The van der Waals surface area contributed by atoms with Gasteiger partial charge in [0.15, 0.2) is 11.8 Å². The number of rotatable bonds is 7. The van der Waals surface area contributed by atoms with E-state index in [1.807, 2.05) is 42.8 Å². The van der Waals surface area contributed by atoms with Crippen LogP contribution in [-0.4, -0.2) is 47.6 Å². The van der Waals surface area contributed by atoms with Crippen LogP contribution in [0, 0.1) is 12.8 Å². The number of nitrogens with zero attached hydrogens (tertiary/aromatic N) is 4.